The van der Waals surface area contributed by atoms with Crippen molar-refractivity contribution in [2.75, 3.05) is 7.11 Å². The van der Waals surface area contributed by atoms with Crippen molar-refractivity contribution >= 4 is 5.91 Å². The number of benzene rings is 2. The van der Waals surface area contributed by atoms with Crippen molar-refractivity contribution in [2.45, 2.75) is 27.0 Å². The molecule has 0 saturated heterocycles. The van der Waals surface area contributed by atoms with Gasteiger partial charge in [0, 0.05) is 22.9 Å². The molecule has 5 nitrogen and oxygen atoms in total. The first-order valence-electron chi connectivity index (χ1n) is 9.12. The average molecular weight is 376 g/mol. The number of ether oxygens (including phenoxy) is 2. The number of carbonyl (C=O) groups excluding carboxylic acids is 1. The van der Waals surface area contributed by atoms with Gasteiger partial charge in [0.25, 0.3) is 5.91 Å². The average Bonchev–Trinajstić information content (AvgIpc) is 2.73. The summed E-state index contributed by atoms with van der Waals surface area (Å²) in [5.41, 5.74) is 4.37. The lowest BCUT2D eigenvalue weighted by Gasteiger charge is -2.13. The molecule has 3 rings (SSSR count). The monoisotopic (exact) mass is 376 g/mol. The Hall–Kier alpha value is -3.34. The number of pyridine rings is 1. The van der Waals surface area contributed by atoms with Crippen LogP contribution in [0.15, 0.2) is 60.8 Å². The lowest BCUT2D eigenvalue weighted by atomic mass is 10.1. The Labute approximate surface area is 165 Å². The smallest absolute Gasteiger partial charge is 0.251 e. The van der Waals surface area contributed by atoms with E-state index in [9.17, 15) is 4.79 Å². The third-order valence-corrected chi connectivity index (χ3v) is 4.53. The Bertz CT molecular complexity index is 938. The molecule has 0 unspecified atom stereocenters. The number of nitrogens with zero attached hydrogens (tertiary/aromatic N) is 1. The zero-order chi connectivity index (χ0) is 19.9. The van der Waals surface area contributed by atoms with E-state index < -0.39 is 0 Å². The lowest BCUT2D eigenvalue weighted by molar-refractivity contribution is 0.0950. The minimum absolute atomic E-state index is 0.157. The van der Waals surface area contributed by atoms with Gasteiger partial charge in [-0.1, -0.05) is 30.3 Å². The van der Waals surface area contributed by atoms with Crippen LogP contribution in [0.5, 0.6) is 11.5 Å². The van der Waals surface area contributed by atoms with E-state index in [2.05, 4.69) is 10.3 Å². The summed E-state index contributed by atoms with van der Waals surface area (Å²) in [6.07, 6.45) is 1.76. The topological polar surface area (TPSA) is 60.5 Å². The number of methoxy groups -OCH3 is 1. The molecule has 0 atom stereocenters. The van der Waals surface area contributed by atoms with Crippen molar-refractivity contribution in [1.82, 2.24) is 10.3 Å². The SMILES string of the molecule is COc1c(C)cnc(CNC(=O)c2ccc(OCc3ccccc3)cc2)c1C. The largest absolute Gasteiger partial charge is 0.496 e. The van der Waals surface area contributed by atoms with E-state index in [1.165, 1.54) is 0 Å². The fourth-order valence-corrected chi connectivity index (χ4v) is 2.96. The molecule has 1 aromatic heterocycles. The second kappa shape index (κ2) is 9.04. The summed E-state index contributed by atoms with van der Waals surface area (Å²) in [5, 5.41) is 2.91. The Morgan fingerprint density at radius 3 is 2.43 bits per heavy atom. The predicted octanol–water partition coefficient (Wildman–Crippen LogP) is 4.22. The van der Waals surface area contributed by atoms with Crippen molar-refractivity contribution in [3.63, 3.8) is 0 Å². The number of rotatable bonds is 7. The van der Waals surface area contributed by atoms with Crippen LogP contribution >= 0.6 is 0 Å². The van der Waals surface area contributed by atoms with Crippen LogP contribution in [-0.4, -0.2) is 18.0 Å². The molecule has 28 heavy (non-hydrogen) atoms. The molecule has 0 saturated carbocycles. The van der Waals surface area contributed by atoms with Crippen molar-refractivity contribution in [2.24, 2.45) is 0 Å². The van der Waals surface area contributed by atoms with Crippen LogP contribution in [0, 0.1) is 13.8 Å². The van der Waals surface area contributed by atoms with E-state index in [0.717, 1.165) is 33.9 Å². The van der Waals surface area contributed by atoms with E-state index in [1.807, 2.05) is 44.2 Å². The van der Waals surface area contributed by atoms with E-state index >= 15 is 0 Å². The van der Waals surface area contributed by atoms with E-state index in [4.69, 9.17) is 9.47 Å². The number of aryl methyl sites for hydroxylation is 1. The third-order valence-electron chi connectivity index (χ3n) is 4.53. The molecule has 144 valence electrons. The summed E-state index contributed by atoms with van der Waals surface area (Å²) in [6.45, 7) is 4.72. The zero-order valence-corrected chi connectivity index (χ0v) is 16.4. The first kappa shape index (κ1) is 19.4. The van der Waals surface area contributed by atoms with Crippen LogP contribution in [0.2, 0.25) is 0 Å². The standard InChI is InChI=1S/C23H24N2O3/c1-16-13-24-21(17(2)22(16)27-3)14-25-23(26)19-9-11-20(12-10-19)28-15-18-7-5-4-6-8-18/h4-13H,14-15H2,1-3H3,(H,25,26). The summed E-state index contributed by atoms with van der Waals surface area (Å²) in [7, 11) is 1.64. The maximum atomic E-state index is 12.4. The Balaban J connectivity index is 1.58. The highest BCUT2D eigenvalue weighted by Gasteiger charge is 2.11. The van der Waals surface area contributed by atoms with Gasteiger partial charge < -0.3 is 14.8 Å². The zero-order valence-electron chi connectivity index (χ0n) is 16.4. The number of carbonyl (C=O) groups is 1. The van der Waals surface area contributed by atoms with Crippen molar-refractivity contribution in [1.29, 1.82) is 0 Å². The highest BCUT2D eigenvalue weighted by Crippen LogP contribution is 2.23. The van der Waals surface area contributed by atoms with Crippen LogP contribution in [0.1, 0.15) is 32.7 Å². The van der Waals surface area contributed by atoms with Gasteiger partial charge in [-0.05, 0) is 43.7 Å². The van der Waals surface area contributed by atoms with Gasteiger partial charge in [0.15, 0.2) is 0 Å². The highest BCUT2D eigenvalue weighted by molar-refractivity contribution is 5.94. The summed E-state index contributed by atoms with van der Waals surface area (Å²) >= 11 is 0. The molecule has 1 N–H and O–H groups in total. The van der Waals surface area contributed by atoms with Gasteiger partial charge in [0.1, 0.15) is 18.1 Å². The van der Waals surface area contributed by atoms with Gasteiger partial charge in [-0.2, -0.15) is 0 Å². The van der Waals surface area contributed by atoms with Gasteiger partial charge >= 0.3 is 0 Å². The molecular weight excluding hydrogens is 352 g/mol. The fraction of sp³-hybridized carbons (Fsp3) is 0.217. The number of hydrogen-bond acceptors (Lipinski definition) is 4. The van der Waals surface area contributed by atoms with E-state index in [-0.39, 0.29) is 5.91 Å². The van der Waals surface area contributed by atoms with Gasteiger partial charge in [0.05, 0.1) is 19.3 Å². The summed E-state index contributed by atoms with van der Waals surface area (Å²) in [4.78, 5) is 16.8. The molecule has 3 aromatic rings. The maximum Gasteiger partial charge on any atom is 0.251 e. The Morgan fingerprint density at radius 1 is 1.04 bits per heavy atom. The fourth-order valence-electron chi connectivity index (χ4n) is 2.96. The predicted molar refractivity (Wildman–Crippen MR) is 109 cm³/mol. The number of hydrogen-bond donors (Lipinski definition) is 1. The van der Waals surface area contributed by atoms with Crippen molar-refractivity contribution in [3.05, 3.63) is 88.7 Å². The maximum absolute atomic E-state index is 12.4. The molecule has 0 aliphatic rings. The Morgan fingerprint density at radius 2 is 1.75 bits per heavy atom. The first-order chi connectivity index (χ1) is 13.6. The normalized spacial score (nSPS) is 10.4. The van der Waals surface area contributed by atoms with E-state index in [1.54, 1.807) is 37.6 Å². The molecule has 0 aliphatic heterocycles. The second-order valence-corrected chi connectivity index (χ2v) is 6.53. The van der Waals surface area contributed by atoms with Crippen LogP contribution in [-0.2, 0) is 13.2 Å². The number of aromatic nitrogens is 1. The second-order valence-electron chi connectivity index (χ2n) is 6.53. The summed E-state index contributed by atoms with van der Waals surface area (Å²) in [5.74, 6) is 1.37. The minimum atomic E-state index is -0.157. The highest BCUT2D eigenvalue weighted by atomic mass is 16.5. The third kappa shape index (κ3) is 4.68. The number of amides is 1. The molecule has 5 heteroatoms. The van der Waals surface area contributed by atoms with Gasteiger partial charge in [0.2, 0.25) is 0 Å². The molecule has 0 bridgehead atoms. The van der Waals surface area contributed by atoms with Crippen LogP contribution in [0.3, 0.4) is 0 Å². The van der Waals surface area contributed by atoms with Gasteiger partial charge in [-0.25, -0.2) is 0 Å². The van der Waals surface area contributed by atoms with Gasteiger partial charge in [-0.3, -0.25) is 9.78 Å². The first-order valence-corrected chi connectivity index (χ1v) is 9.12. The van der Waals surface area contributed by atoms with Crippen LogP contribution < -0.4 is 14.8 Å². The lowest BCUT2D eigenvalue weighted by Crippen LogP contribution is -2.24. The molecule has 0 aliphatic carbocycles. The minimum Gasteiger partial charge on any atom is -0.496 e. The summed E-state index contributed by atoms with van der Waals surface area (Å²) in [6, 6.07) is 17.1. The van der Waals surface area contributed by atoms with Crippen LogP contribution in [0.4, 0.5) is 0 Å². The molecular formula is C23H24N2O3. The molecule has 0 radical (unpaired) electrons. The van der Waals surface area contributed by atoms with Gasteiger partial charge in [-0.15, -0.1) is 0 Å². The molecule has 1 amide bonds. The van der Waals surface area contributed by atoms with E-state index in [0.29, 0.717) is 18.7 Å². The quantitative estimate of drug-likeness (QED) is 0.671. The molecule has 0 spiro atoms. The Kier molecular flexibility index (Phi) is 6.27. The summed E-state index contributed by atoms with van der Waals surface area (Å²) < 4.78 is 11.2. The molecule has 1 heterocycles. The number of nitrogens with one attached hydrogen (secondary N) is 1. The van der Waals surface area contributed by atoms with Crippen LogP contribution in [0.25, 0.3) is 0 Å². The van der Waals surface area contributed by atoms with Crippen molar-refractivity contribution < 1.29 is 14.3 Å². The molecule has 0 fully saturated rings. The van der Waals surface area contributed by atoms with Crippen molar-refractivity contribution in [3.8, 4) is 11.5 Å². The molecule has 2 aromatic carbocycles.